The summed E-state index contributed by atoms with van der Waals surface area (Å²) in [6.45, 7) is 3.64. The van der Waals surface area contributed by atoms with Crippen LogP contribution in [0.25, 0.3) is 0 Å². The first-order chi connectivity index (χ1) is 7.59. The molecule has 0 aliphatic heterocycles. The van der Waals surface area contributed by atoms with Crippen LogP contribution in [0, 0.1) is 0 Å². The Labute approximate surface area is 93.7 Å². The molecule has 0 unspecified atom stereocenters. The molecule has 0 aromatic heterocycles. The number of hydrogen-bond donors (Lipinski definition) is 0. The van der Waals surface area contributed by atoms with Crippen LogP contribution in [0.1, 0.15) is 34.6 Å². The Morgan fingerprint density at radius 2 is 1.69 bits per heavy atom. The van der Waals surface area contributed by atoms with Gasteiger partial charge in [0.05, 0.1) is 6.10 Å². The van der Waals surface area contributed by atoms with Crippen LogP contribution in [0.15, 0.2) is 36.1 Å². The van der Waals surface area contributed by atoms with E-state index in [9.17, 15) is 9.59 Å². The summed E-state index contributed by atoms with van der Waals surface area (Å²) in [6, 6.07) is 6.78. The number of benzene rings is 1. The minimum absolute atomic E-state index is 0.117. The molecule has 0 fully saturated rings. The van der Waals surface area contributed by atoms with E-state index in [0.717, 1.165) is 0 Å². The summed E-state index contributed by atoms with van der Waals surface area (Å²) < 4.78 is 5.32. The first kappa shape index (κ1) is 10.6. The molecule has 1 aliphatic carbocycles. The van der Waals surface area contributed by atoms with E-state index in [1.807, 2.05) is 13.8 Å². The van der Waals surface area contributed by atoms with Gasteiger partial charge < -0.3 is 4.74 Å². The Balaban J connectivity index is 2.43. The van der Waals surface area contributed by atoms with Gasteiger partial charge in [-0.05, 0) is 13.8 Å². The lowest BCUT2D eigenvalue weighted by Gasteiger charge is -2.17. The Morgan fingerprint density at radius 1 is 1.06 bits per heavy atom. The molecule has 0 bridgehead atoms. The topological polar surface area (TPSA) is 43.4 Å². The highest BCUT2D eigenvalue weighted by molar-refractivity contribution is 6.23. The van der Waals surface area contributed by atoms with Gasteiger partial charge in [-0.3, -0.25) is 9.59 Å². The van der Waals surface area contributed by atoms with Crippen molar-refractivity contribution in [3.05, 3.63) is 47.2 Å². The lowest BCUT2D eigenvalue weighted by Crippen LogP contribution is -2.20. The number of allylic oxidation sites excluding steroid dienone is 2. The Bertz CT molecular complexity index is 484. The van der Waals surface area contributed by atoms with E-state index in [1.54, 1.807) is 24.3 Å². The normalized spacial score (nSPS) is 14.8. The zero-order chi connectivity index (χ0) is 11.7. The minimum atomic E-state index is -0.219. The monoisotopic (exact) mass is 216 g/mol. The third-order valence-corrected chi connectivity index (χ3v) is 2.29. The van der Waals surface area contributed by atoms with Gasteiger partial charge in [0.25, 0.3) is 0 Å². The number of ketones is 2. The summed E-state index contributed by atoms with van der Waals surface area (Å²) in [5, 5.41) is 0. The quantitative estimate of drug-likeness (QED) is 0.762. The van der Waals surface area contributed by atoms with Crippen molar-refractivity contribution in [1.82, 2.24) is 0 Å². The first-order valence-corrected chi connectivity index (χ1v) is 5.16. The molecule has 1 aromatic rings. The van der Waals surface area contributed by atoms with E-state index in [-0.39, 0.29) is 23.4 Å². The third kappa shape index (κ3) is 1.76. The molecule has 0 heterocycles. The third-order valence-electron chi connectivity index (χ3n) is 2.29. The van der Waals surface area contributed by atoms with Gasteiger partial charge in [-0.2, -0.15) is 0 Å². The molecule has 0 radical (unpaired) electrons. The molecule has 3 heteroatoms. The van der Waals surface area contributed by atoms with Gasteiger partial charge in [0.2, 0.25) is 5.78 Å². The van der Waals surface area contributed by atoms with E-state index in [1.165, 1.54) is 6.08 Å². The van der Waals surface area contributed by atoms with Crippen LogP contribution in [-0.4, -0.2) is 17.7 Å². The van der Waals surface area contributed by atoms with E-state index < -0.39 is 0 Å². The summed E-state index contributed by atoms with van der Waals surface area (Å²) >= 11 is 0. The summed E-state index contributed by atoms with van der Waals surface area (Å²) in [6.07, 6.45) is 1.15. The van der Waals surface area contributed by atoms with E-state index in [0.29, 0.717) is 11.1 Å². The SMILES string of the molecule is CC(C)OC1=CC(=O)c2ccccc2C1=O. The van der Waals surface area contributed by atoms with Crippen LogP contribution in [0.4, 0.5) is 0 Å². The van der Waals surface area contributed by atoms with Gasteiger partial charge in [-0.25, -0.2) is 0 Å². The second kappa shape index (κ2) is 3.93. The lowest BCUT2D eigenvalue weighted by atomic mass is 9.94. The minimum Gasteiger partial charge on any atom is -0.487 e. The molecule has 1 aliphatic rings. The van der Waals surface area contributed by atoms with Gasteiger partial charge >= 0.3 is 0 Å². The highest BCUT2D eigenvalue weighted by atomic mass is 16.5. The van der Waals surface area contributed by atoms with Gasteiger partial charge in [-0.15, -0.1) is 0 Å². The molecule has 16 heavy (non-hydrogen) atoms. The van der Waals surface area contributed by atoms with Crippen LogP contribution in [0.2, 0.25) is 0 Å². The smallest absolute Gasteiger partial charge is 0.228 e. The molecule has 0 atom stereocenters. The Morgan fingerprint density at radius 3 is 2.31 bits per heavy atom. The maximum absolute atomic E-state index is 12.0. The number of Topliss-reactive ketones (excluding diaryl/α,β-unsaturated/α-hetero) is 1. The number of fused-ring (bicyclic) bond motifs is 1. The highest BCUT2D eigenvalue weighted by Gasteiger charge is 2.26. The Hall–Kier alpha value is -1.90. The second-order valence-corrected chi connectivity index (χ2v) is 3.91. The maximum atomic E-state index is 12.0. The van der Waals surface area contributed by atoms with Crippen molar-refractivity contribution < 1.29 is 14.3 Å². The summed E-state index contributed by atoms with van der Waals surface area (Å²) in [5.41, 5.74) is 0.870. The molecule has 3 nitrogen and oxygen atoms in total. The fraction of sp³-hybridized carbons (Fsp3) is 0.231. The molecule has 0 saturated carbocycles. The van der Waals surface area contributed by atoms with Crippen LogP contribution in [0.3, 0.4) is 0 Å². The van der Waals surface area contributed by atoms with Crippen LogP contribution in [-0.2, 0) is 4.74 Å². The molecule has 0 spiro atoms. The van der Waals surface area contributed by atoms with Crippen molar-refractivity contribution in [2.24, 2.45) is 0 Å². The largest absolute Gasteiger partial charge is 0.487 e. The van der Waals surface area contributed by atoms with Crippen molar-refractivity contribution in [2.45, 2.75) is 20.0 Å². The molecule has 2 rings (SSSR count). The second-order valence-electron chi connectivity index (χ2n) is 3.91. The van der Waals surface area contributed by atoms with Crippen molar-refractivity contribution in [3.63, 3.8) is 0 Å². The average Bonchev–Trinajstić information content (AvgIpc) is 2.25. The van der Waals surface area contributed by atoms with E-state index in [4.69, 9.17) is 4.74 Å². The van der Waals surface area contributed by atoms with Gasteiger partial charge in [-0.1, -0.05) is 24.3 Å². The molecular weight excluding hydrogens is 204 g/mol. The lowest BCUT2D eigenvalue weighted by molar-refractivity contribution is 0.0811. The molecular formula is C13H12O3. The fourth-order valence-corrected chi connectivity index (χ4v) is 1.63. The summed E-state index contributed by atoms with van der Waals surface area (Å²) in [7, 11) is 0. The number of ether oxygens (including phenoxy) is 1. The number of hydrogen-bond acceptors (Lipinski definition) is 3. The zero-order valence-electron chi connectivity index (χ0n) is 9.19. The average molecular weight is 216 g/mol. The number of carbonyl (C=O) groups excluding carboxylic acids is 2. The van der Waals surface area contributed by atoms with Crippen molar-refractivity contribution >= 4 is 11.6 Å². The van der Waals surface area contributed by atoms with Crippen molar-refractivity contribution in [1.29, 1.82) is 0 Å². The molecule has 1 aromatic carbocycles. The van der Waals surface area contributed by atoms with Gasteiger partial charge in [0.15, 0.2) is 11.5 Å². The molecule has 82 valence electrons. The van der Waals surface area contributed by atoms with Gasteiger partial charge in [0.1, 0.15) is 0 Å². The molecule has 0 N–H and O–H groups in total. The molecule has 0 saturated heterocycles. The first-order valence-electron chi connectivity index (χ1n) is 5.16. The van der Waals surface area contributed by atoms with Crippen LogP contribution in [0.5, 0.6) is 0 Å². The Kier molecular flexibility index (Phi) is 2.60. The zero-order valence-corrected chi connectivity index (χ0v) is 9.19. The fourth-order valence-electron chi connectivity index (χ4n) is 1.63. The standard InChI is InChI=1S/C13H12O3/c1-8(2)16-12-7-11(14)9-5-3-4-6-10(9)13(12)15/h3-8H,1-2H3. The summed E-state index contributed by atoms with van der Waals surface area (Å²) in [4.78, 5) is 23.7. The predicted octanol–water partition coefficient (Wildman–Crippen LogP) is 2.37. The van der Waals surface area contributed by atoms with Crippen molar-refractivity contribution in [3.8, 4) is 0 Å². The molecule has 0 amide bonds. The van der Waals surface area contributed by atoms with E-state index >= 15 is 0 Å². The van der Waals surface area contributed by atoms with Crippen LogP contribution >= 0.6 is 0 Å². The van der Waals surface area contributed by atoms with E-state index in [2.05, 4.69) is 0 Å². The highest BCUT2D eigenvalue weighted by Crippen LogP contribution is 2.22. The summed E-state index contributed by atoms with van der Waals surface area (Å²) in [5.74, 6) is -0.256. The van der Waals surface area contributed by atoms with Gasteiger partial charge in [0, 0.05) is 17.2 Å². The van der Waals surface area contributed by atoms with Crippen molar-refractivity contribution in [2.75, 3.05) is 0 Å². The number of rotatable bonds is 2. The predicted molar refractivity (Wildman–Crippen MR) is 59.4 cm³/mol. The number of carbonyl (C=O) groups is 2. The van der Waals surface area contributed by atoms with Crippen LogP contribution < -0.4 is 0 Å². The maximum Gasteiger partial charge on any atom is 0.228 e.